The molecular weight excluding hydrogens is 326 g/mol. The molecule has 1 aliphatic rings. The number of nitrogens with one attached hydrogen (secondary N) is 1. The standard InChI is InChI=1S/C15H21BrClNO/c1-3-18-10-15(6-7-19-11(15)2)9-12-4-5-13(16)8-14(12)17/h4-5,8,11,18H,3,6-7,9-10H2,1-2H3. The predicted octanol–water partition coefficient (Wildman–Crippen LogP) is 4.05. The summed E-state index contributed by atoms with van der Waals surface area (Å²) in [6, 6.07) is 6.14. The first-order chi connectivity index (χ1) is 9.07. The average Bonchev–Trinajstić information content (AvgIpc) is 2.72. The SMILES string of the molecule is CCNCC1(Cc2ccc(Br)cc2Cl)CCOC1C. The fourth-order valence-electron chi connectivity index (χ4n) is 2.76. The number of hydrogen-bond donors (Lipinski definition) is 1. The molecule has 19 heavy (non-hydrogen) atoms. The Morgan fingerprint density at radius 3 is 2.89 bits per heavy atom. The number of halogens is 2. The summed E-state index contributed by atoms with van der Waals surface area (Å²) in [7, 11) is 0. The Morgan fingerprint density at radius 2 is 2.32 bits per heavy atom. The normalized spacial score (nSPS) is 26.8. The molecule has 1 N–H and O–H groups in total. The van der Waals surface area contributed by atoms with Crippen molar-refractivity contribution in [3.05, 3.63) is 33.3 Å². The van der Waals surface area contributed by atoms with Gasteiger partial charge in [-0.2, -0.15) is 0 Å². The van der Waals surface area contributed by atoms with Crippen LogP contribution in [-0.2, 0) is 11.2 Å². The van der Waals surface area contributed by atoms with Gasteiger partial charge < -0.3 is 10.1 Å². The molecule has 0 saturated carbocycles. The highest BCUT2D eigenvalue weighted by Gasteiger charge is 2.41. The quantitative estimate of drug-likeness (QED) is 0.868. The first kappa shape index (κ1) is 15.3. The summed E-state index contributed by atoms with van der Waals surface area (Å²) in [5.74, 6) is 0. The molecule has 1 heterocycles. The molecule has 0 spiro atoms. The van der Waals surface area contributed by atoms with Gasteiger partial charge in [-0.1, -0.05) is 40.5 Å². The average molecular weight is 347 g/mol. The summed E-state index contributed by atoms with van der Waals surface area (Å²) in [5.41, 5.74) is 1.37. The third kappa shape index (κ3) is 3.52. The summed E-state index contributed by atoms with van der Waals surface area (Å²) in [5, 5.41) is 4.32. The van der Waals surface area contributed by atoms with E-state index in [1.807, 2.05) is 6.07 Å². The molecule has 1 fully saturated rings. The Labute approximate surface area is 129 Å². The van der Waals surface area contributed by atoms with Gasteiger partial charge in [0.05, 0.1) is 6.10 Å². The summed E-state index contributed by atoms with van der Waals surface area (Å²) in [6.45, 7) is 7.14. The smallest absolute Gasteiger partial charge is 0.0619 e. The van der Waals surface area contributed by atoms with Crippen LogP contribution in [0.15, 0.2) is 22.7 Å². The van der Waals surface area contributed by atoms with Crippen molar-refractivity contribution in [3.8, 4) is 0 Å². The molecule has 1 aliphatic heterocycles. The van der Waals surface area contributed by atoms with E-state index in [0.717, 1.165) is 42.0 Å². The Hall–Kier alpha value is -0.0900. The second-order valence-corrected chi connectivity index (χ2v) is 6.64. The van der Waals surface area contributed by atoms with Gasteiger partial charge in [-0.25, -0.2) is 0 Å². The van der Waals surface area contributed by atoms with Crippen molar-refractivity contribution in [1.29, 1.82) is 0 Å². The Morgan fingerprint density at radius 1 is 1.53 bits per heavy atom. The molecule has 0 bridgehead atoms. The molecule has 1 saturated heterocycles. The van der Waals surface area contributed by atoms with Crippen molar-refractivity contribution in [2.75, 3.05) is 19.7 Å². The molecule has 0 aliphatic carbocycles. The lowest BCUT2D eigenvalue weighted by Gasteiger charge is -2.33. The van der Waals surface area contributed by atoms with E-state index in [0.29, 0.717) is 0 Å². The molecule has 1 aromatic carbocycles. The number of benzene rings is 1. The summed E-state index contributed by atoms with van der Waals surface area (Å²) in [4.78, 5) is 0. The van der Waals surface area contributed by atoms with Gasteiger partial charge in [-0.3, -0.25) is 0 Å². The fraction of sp³-hybridized carbons (Fsp3) is 0.600. The molecule has 0 aromatic heterocycles. The maximum Gasteiger partial charge on any atom is 0.0619 e. The first-order valence-corrected chi connectivity index (χ1v) is 8.01. The number of ether oxygens (including phenoxy) is 1. The van der Waals surface area contributed by atoms with Crippen LogP contribution in [0.2, 0.25) is 5.02 Å². The number of hydrogen-bond acceptors (Lipinski definition) is 2. The van der Waals surface area contributed by atoms with Gasteiger partial charge in [-0.15, -0.1) is 0 Å². The lowest BCUT2D eigenvalue weighted by molar-refractivity contribution is 0.0633. The van der Waals surface area contributed by atoms with Crippen molar-refractivity contribution >= 4 is 27.5 Å². The van der Waals surface area contributed by atoms with Gasteiger partial charge in [0.2, 0.25) is 0 Å². The fourth-order valence-corrected chi connectivity index (χ4v) is 3.50. The third-order valence-electron chi connectivity index (χ3n) is 4.11. The van der Waals surface area contributed by atoms with E-state index in [4.69, 9.17) is 16.3 Å². The summed E-state index contributed by atoms with van der Waals surface area (Å²) < 4.78 is 6.83. The van der Waals surface area contributed by atoms with Gasteiger partial charge >= 0.3 is 0 Å². The van der Waals surface area contributed by atoms with Crippen LogP contribution in [-0.4, -0.2) is 25.8 Å². The van der Waals surface area contributed by atoms with Crippen molar-refractivity contribution in [3.63, 3.8) is 0 Å². The van der Waals surface area contributed by atoms with Crippen LogP contribution in [0.3, 0.4) is 0 Å². The van der Waals surface area contributed by atoms with E-state index in [2.05, 4.69) is 47.2 Å². The van der Waals surface area contributed by atoms with Crippen molar-refractivity contribution in [1.82, 2.24) is 5.32 Å². The Bertz CT molecular complexity index is 440. The molecule has 2 unspecified atom stereocenters. The molecular formula is C15H21BrClNO. The minimum Gasteiger partial charge on any atom is -0.378 e. The topological polar surface area (TPSA) is 21.3 Å². The Balaban J connectivity index is 2.20. The summed E-state index contributed by atoms with van der Waals surface area (Å²) in [6.07, 6.45) is 2.33. The maximum atomic E-state index is 6.36. The minimum atomic E-state index is 0.160. The van der Waals surface area contributed by atoms with Crippen LogP contribution in [0.25, 0.3) is 0 Å². The van der Waals surface area contributed by atoms with Crippen LogP contribution in [0.4, 0.5) is 0 Å². The molecule has 0 radical (unpaired) electrons. The lowest BCUT2D eigenvalue weighted by Crippen LogP contribution is -2.41. The van der Waals surface area contributed by atoms with Gasteiger partial charge in [0.25, 0.3) is 0 Å². The maximum absolute atomic E-state index is 6.36. The second-order valence-electron chi connectivity index (χ2n) is 5.32. The lowest BCUT2D eigenvalue weighted by atomic mass is 9.76. The van der Waals surface area contributed by atoms with Gasteiger partial charge in [0.15, 0.2) is 0 Å². The van der Waals surface area contributed by atoms with Crippen LogP contribution < -0.4 is 5.32 Å². The van der Waals surface area contributed by atoms with Gasteiger partial charge in [0.1, 0.15) is 0 Å². The van der Waals surface area contributed by atoms with Crippen LogP contribution in [0, 0.1) is 5.41 Å². The molecule has 2 nitrogen and oxygen atoms in total. The van der Waals surface area contributed by atoms with Crippen molar-refractivity contribution in [2.45, 2.75) is 32.8 Å². The van der Waals surface area contributed by atoms with E-state index >= 15 is 0 Å². The number of rotatable bonds is 5. The van der Waals surface area contributed by atoms with Crippen molar-refractivity contribution in [2.24, 2.45) is 5.41 Å². The zero-order chi connectivity index (χ0) is 13.9. The van der Waals surface area contributed by atoms with E-state index in [-0.39, 0.29) is 11.5 Å². The molecule has 2 atom stereocenters. The first-order valence-electron chi connectivity index (χ1n) is 6.83. The van der Waals surface area contributed by atoms with Crippen LogP contribution in [0.5, 0.6) is 0 Å². The zero-order valence-corrected chi connectivity index (χ0v) is 13.9. The Kier molecular flexibility index (Phi) is 5.29. The monoisotopic (exact) mass is 345 g/mol. The van der Waals surface area contributed by atoms with Crippen molar-refractivity contribution < 1.29 is 4.74 Å². The van der Waals surface area contributed by atoms with Crippen LogP contribution >= 0.6 is 27.5 Å². The molecule has 106 valence electrons. The van der Waals surface area contributed by atoms with E-state index in [1.54, 1.807) is 0 Å². The van der Waals surface area contributed by atoms with Crippen LogP contribution in [0.1, 0.15) is 25.8 Å². The minimum absolute atomic E-state index is 0.160. The second kappa shape index (κ2) is 6.57. The highest BCUT2D eigenvalue weighted by molar-refractivity contribution is 9.10. The zero-order valence-electron chi connectivity index (χ0n) is 11.5. The highest BCUT2D eigenvalue weighted by Crippen LogP contribution is 2.39. The van der Waals surface area contributed by atoms with E-state index in [1.165, 1.54) is 5.56 Å². The van der Waals surface area contributed by atoms with E-state index in [9.17, 15) is 0 Å². The largest absolute Gasteiger partial charge is 0.378 e. The molecule has 0 amide bonds. The molecule has 2 rings (SSSR count). The predicted molar refractivity (Wildman–Crippen MR) is 83.9 cm³/mol. The van der Waals surface area contributed by atoms with Gasteiger partial charge in [0, 0.05) is 28.1 Å². The summed E-state index contributed by atoms with van der Waals surface area (Å²) >= 11 is 9.82. The highest BCUT2D eigenvalue weighted by atomic mass is 79.9. The molecule has 1 aromatic rings. The van der Waals surface area contributed by atoms with Gasteiger partial charge in [-0.05, 0) is 44.0 Å². The third-order valence-corrected chi connectivity index (χ3v) is 4.96. The molecule has 4 heteroatoms. The van der Waals surface area contributed by atoms with E-state index < -0.39 is 0 Å².